The van der Waals surface area contributed by atoms with Gasteiger partial charge in [-0.15, -0.1) is 0 Å². The molecular formula is C15H17N3O3. The highest BCUT2D eigenvalue weighted by molar-refractivity contribution is 5.92. The van der Waals surface area contributed by atoms with E-state index in [0.717, 1.165) is 30.0 Å². The number of nitrogen functional groups attached to an aromatic ring is 1. The predicted octanol–water partition coefficient (Wildman–Crippen LogP) is 1.67. The number of carbonyl (C=O) groups excluding carboxylic acids is 1. The number of fused-ring (bicyclic) bond motifs is 1. The van der Waals surface area contributed by atoms with E-state index in [9.17, 15) is 4.79 Å². The summed E-state index contributed by atoms with van der Waals surface area (Å²) in [6.07, 6.45) is 2.42. The molecule has 0 unspecified atom stereocenters. The molecule has 0 fully saturated rings. The number of para-hydroxylation sites is 2. The topological polar surface area (TPSA) is 80.7 Å². The van der Waals surface area contributed by atoms with Crippen molar-refractivity contribution in [3.8, 4) is 5.75 Å². The Morgan fingerprint density at radius 1 is 1.33 bits per heavy atom. The van der Waals surface area contributed by atoms with E-state index in [-0.39, 0.29) is 5.76 Å². The maximum absolute atomic E-state index is 11.7. The van der Waals surface area contributed by atoms with Gasteiger partial charge in [-0.05, 0) is 24.6 Å². The summed E-state index contributed by atoms with van der Waals surface area (Å²) in [5.41, 5.74) is 3.92. The van der Waals surface area contributed by atoms with Gasteiger partial charge in [-0.1, -0.05) is 12.1 Å². The highest BCUT2D eigenvalue weighted by Crippen LogP contribution is 2.32. The largest absolute Gasteiger partial charge is 0.491 e. The molecule has 1 aromatic heterocycles. The lowest BCUT2D eigenvalue weighted by Gasteiger charge is -2.23. The van der Waals surface area contributed by atoms with Gasteiger partial charge < -0.3 is 14.1 Å². The van der Waals surface area contributed by atoms with E-state index in [1.807, 2.05) is 24.3 Å². The number of amides is 1. The lowest BCUT2D eigenvalue weighted by atomic mass is 10.2. The van der Waals surface area contributed by atoms with Crippen molar-refractivity contribution < 1.29 is 13.9 Å². The van der Waals surface area contributed by atoms with E-state index in [0.29, 0.717) is 13.2 Å². The Hall–Kier alpha value is -2.47. The number of rotatable bonds is 3. The zero-order valence-corrected chi connectivity index (χ0v) is 11.5. The third-order valence-electron chi connectivity index (χ3n) is 3.48. The summed E-state index contributed by atoms with van der Waals surface area (Å²) in [4.78, 5) is 13.9. The second-order valence-corrected chi connectivity index (χ2v) is 4.84. The normalized spacial score (nSPS) is 14.0. The maximum atomic E-state index is 11.7. The molecule has 6 nitrogen and oxygen atoms in total. The second-order valence-electron chi connectivity index (χ2n) is 4.84. The maximum Gasteiger partial charge on any atom is 0.301 e. The van der Waals surface area contributed by atoms with Crippen LogP contribution in [0.1, 0.15) is 22.5 Å². The Morgan fingerprint density at radius 3 is 3.05 bits per heavy atom. The van der Waals surface area contributed by atoms with Gasteiger partial charge in [0.1, 0.15) is 5.75 Å². The number of ether oxygens (including phenoxy) is 1. The van der Waals surface area contributed by atoms with Crippen LogP contribution >= 0.6 is 0 Å². The van der Waals surface area contributed by atoms with Gasteiger partial charge >= 0.3 is 5.91 Å². The van der Waals surface area contributed by atoms with Crippen LogP contribution in [0.5, 0.6) is 5.75 Å². The average molecular weight is 287 g/mol. The first-order chi connectivity index (χ1) is 10.3. The minimum atomic E-state index is -0.422. The van der Waals surface area contributed by atoms with Crippen LogP contribution in [0.4, 0.5) is 5.69 Å². The van der Waals surface area contributed by atoms with Gasteiger partial charge in [0.15, 0.2) is 5.76 Å². The van der Waals surface area contributed by atoms with Crippen LogP contribution in [0.2, 0.25) is 0 Å². The third-order valence-corrected chi connectivity index (χ3v) is 3.48. The molecule has 2 aromatic rings. The highest BCUT2D eigenvalue weighted by Gasteiger charge is 2.20. The number of furan rings is 1. The van der Waals surface area contributed by atoms with Crippen LogP contribution in [-0.2, 0) is 6.54 Å². The van der Waals surface area contributed by atoms with Gasteiger partial charge in [-0.25, -0.2) is 5.84 Å². The summed E-state index contributed by atoms with van der Waals surface area (Å²) in [6.45, 7) is 2.11. The molecule has 1 aromatic carbocycles. The molecule has 3 rings (SSSR count). The lowest BCUT2D eigenvalue weighted by Crippen LogP contribution is -2.31. The summed E-state index contributed by atoms with van der Waals surface area (Å²) in [5, 5.41) is 0. The zero-order valence-electron chi connectivity index (χ0n) is 11.5. The van der Waals surface area contributed by atoms with Crippen molar-refractivity contribution in [3.63, 3.8) is 0 Å². The molecule has 0 bridgehead atoms. The minimum absolute atomic E-state index is 0.250. The monoisotopic (exact) mass is 287 g/mol. The van der Waals surface area contributed by atoms with Gasteiger partial charge in [0.05, 0.1) is 18.6 Å². The van der Waals surface area contributed by atoms with Crippen LogP contribution in [0.25, 0.3) is 0 Å². The van der Waals surface area contributed by atoms with E-state index >= 15 is 0 Å². The fraction of sp³-hybridized carbons (Fsp3) is 0.267. The van der Waals surface area contributed by atoms with Gasteiger partial charge in [-0.2, -0.15) is 0 Å². The van der Waals surface area contributed by atoms with Crippen molar-refractivity contribution in [2.45, 2.75) is 13.0 Å². The van der Waals surface area contributed by atoms with E-state index in [1.54, 1.807) is 6.07 Å². The van der Waals surface area contributed by atoms with Crippen LogP contribution in [0.3, 0.4) is 0 Å². The number of carbonyl (C=O) groups is 1. The molecule has 0 atom stereocenters. The zero-order chi connectivity index (χ0) is 14.7. The highest BCUT2D eigenvalue weighted by atomic mass is 16.5. The van der Waals surface area contributed by atoms with Crippen molar-refractivity contribution in [1.82, 2.24) is 5.43 Å². The molecule has 0 saturated carbocycles. The summed E-state index contributed by atoms with van der Waals surface area (Å²) in [6, 6.07) is 9.69. The molecule has 0 aliphatic carbocycles. The molecule has 6 heteroatoms. The van der Waals surface area contributed by atoms with Gasteiger partial charge in [0, 0.05) is 18.7 Å². The Bertz CT molecular complexity index is 639. The first kappa shape index (κ1) is 13.5. The number of anilines is 1. The van der Waals surface area contributed by atoms with Gasteiger partial charge in [-0.3, -0.25) is 10.2 Å². The lowest BCUT2D eigenvalue weighted by molar-refractivity contribution is 0.0924. The van der Waals surface area contributed by atoms with Crippen molar-refractivity contribution in [3.05, 3.63) is 47.9 Å². The number of nitrogens with one attached hydrogen (secondary N) is 1. The number of benzene rings is 1. The third kappa shape index (κ3) is 2.71. The first-order valence-corrected chi connectivity index (χ1v) is 6.83. The molecule has 0 saturated heterocycles. The number of hydrogen-bond donors (Lipinski definition) is 2. The SMILES string of the molecule is NNC(=O)c1occc1CN1CCCOc2ccccc21. The van der Waals surface area contributed by atoms with Gasteiger partial charge in [0.25, 0.3) is 0 Å². The van der Waals surface area contributed by atoms with Crippen molar-refractivity contribution in [2.75, 3.05) is 18.1 Å². The van der Waals surface area contributed by atoms with Crippen molar-refractivity contribution in [1.29, 1.82) is 0 Å². The fourth-order valence-electron chi connectivity index (χ4n) is 2.49. The molecule has 1 aliphatic heterocycles. The number of hydrogen-bond acceptors (Lipinski definition) is 5. The first-order valence-electron chi connectivity index (χ1n) is 6.83. The molecule has 3 N–H and O–H groups in total. The van der Waals surface area contributed by atoms with E-state index in [1.165, 1.54) is 6.26 Å². The molecule has 110 valence electrons. The van der Waals surface area contributed by atoms with Crippen LogP contribution < -0.4 is 20.9 Å². The standard InChI is InChI=1S/C15H17N3O3/c16-17-15(19)14-11(6-9-21-14)10-18-7-3-8-20-13-5-2-1-4-12(13)18/h1-2,4-6,9H,3,7-8,10,16H2,(H,17,19). The van der Waals surface area contributed by atoms with Crippen LogP contribution in [0, 0.1) is 0 Å². The van der Waals surface area contributed by atoms with E-state index in [4.69, 9.17) is 15.0 Å². The summed E-state index contributed by atoms with van der Waals surface area (Å²) in [5.74, 6) is 5.87. The van der Waals surface area contributed by atoms with E-state index in [2.05, 4.69) is 10.3 Å². The van der Waals surface area contributed by atoms with Crippen molar-refractivity contribution >= 4 is 11.6 Å². The molecule has 21 heavy (non-hydrogen) atoms. The summed E-state index contributed by atoms with van der Waals surface area (Å²) in [7, 11) is 0. The Balaban J connectivity index is 1.88. The minimum Gasteiger partial charge on any atom is -0.491 e. The second kappa shape index (κ2) is 5.88. The molecule has 2 heterocycles. The molecule has 0 radical (unpaired) electrons. The average Bonchev–Trinajstić information content (AvgIpc) is 2.88. The van der Waals surface area contributed by atoms with E-state index < -0.39 is 5.91 Å². The van der Waals surface area contributed by atoms with Crippen LogP contribution in [-0.4, -0.2) is 19.1 Å². The number of nitrogens with two attached hydrogens (primary N) is 1. The Morgan fingerprint density at radius 2 is 2.19 bits per heavy atom. The Labute approximate surface area is 122 Å². The van der Waals surface area contributed by atoms with Crippen molar-refractivity contribution in [2.24, 2.45) is 5.84 Å². The smallest absolute Gasteiger partial charge is 0.301 e. The Kier molecular flexibility index (Phi) is 3.79. The molecule has 1 amide bonds. The molecular weight excluding hydrogens is 270 g/mol. The number of hydrazine groups is 1. The summed E-state index contributed by atoms with van der Waals surface area (Å²) >= 11 is 0. The quantitative estimate of drug-likeness (QED) is 0.510. The number of nitrogens with zero attached hydrogens (tertiary/aromatic N) is 1. The van der Waals surface area contributed by atoms with Crippen LogP contribution in [0.15, 0.2) is 41.0 Å². The molecule has 0 spiro atoms. The molecule has 1 aliphatic rings. The fourth-order valence-corrected chi connectivity index (χ4v) is 2.49. The summed E-state index contributed by atoms with van der Waals surface area (Å²) < 4.78 is 11.0. The predicted molar refractivity (Wildman–Crippen MR) is 78.0 cm³/mol. The van der Waals surface area contributed by atoms with Gasteiger partial charge in [0.2, 0.25) is 0 Å².